The Morgan fingerprint density at radius 3 is 1.55 bits per heavy atom. The fourth-order valence-corrected chi connectivity index (χ4v) is 5.14. The number of nitrogens with one attached hydrogen (secondary N) is 1. The lowest BCUT2D eigenvalue weighted by Gasteiger charge is -2.16. The van der Waals surface area contributed by atoms with Crippen LogP contribution >= 0.6 is 0 Å². The van der Waals surface area contributed by atoms with Crippen molar-refractivity contribution < 1.29 is 28.9 Å². The summed E-state index contributed by atoms with van der Waals surface area (Å²) in [6, 6.07) is 0. The third-order valence-corrected chi connectivity index (χ3v) is 7.80. The zero-order valence-corrected chi connectivity index (χ0v) is 27.8. The van der Waals surface area contributed by atoms with E-state index in [9.17, 15) is 14.7 Å². The Kier molecular flexibility index (Phi) is 33.3. The number of hydrogen-bond donors (Lipinski definition) is 2. The van der Waals surface area contributed by atoms with Gasteiger partial charge in [-0.05, 0) is 19.3 Å². The quantitative estimate of drug-likeness (QED) is 0.0436. The van der Waals surface area contributed by atoms with Crippen molar-refractivity contribution in [3.63, 3.8) is 0 Å². The maximum absolute atomic E-state index is 12.1. The van der Waals surface area contributed by atoms with Crippen LogP contribution < -0.4 is 5.32 Å². The van der Waals surface area contributed by atoms with Crippen molar-refractivity contribution in [2.45, 2.75) is 180 Å². The molecule has 0 aromatic carbocycles. The summed E-state index contributed by atoms with van der Waals surface area (Å²) in [7, 11) is 0. The van der Waals surface area contributed by atoms with Crippen molar-refractivity contribution in [3.05, 3.63) is 0 Å². The van der Waals surface area contributed by atoms with Gasteiger partial charge in [-0.25, -0.2) is 0 Å². The minimum atomic E-state index is -0.617. The third kappa shape index (κ3) is 33.3. The molecule has 0 aromatic rings. The minimum Gasteiger partial charge on any atom is -0.457 e. The molecule has 0 aliphatic heterocycles. The molecule has 7 nitrogen and oxygen atoms in total. The molecule has 0 aliphatic carbocycles. The Morgan fingerprint density at radius 2 is 1.07 bits per heavy atom. The molecular formula is C35H69NO6. The zero-order chi connectivity index (χ0) is 30.8. The van der Waals surface area contributed by atoms with E-state index < -0.39 is 6.10 Å². The molecule has 0 saturated carbocycles. The van der Waals surface area contributed by atoms with Gasteiger partial charge in [0.25, 0.3) is 0 Å². The molecule has 0 rings (SSSR count). The van der Waals surface area contributed by atoms with E-state index in [1.165, 1.54) is 128 Å². The molecule has 0 heterocycles. The van der Waals surface area contributed by atoms with E-state index in [-0.39, 0.29) is 31.9 Å². The summed E-state index contributed by atoms with van der Waals surface area (Å²) in [5.41, 5.74) is 0. The van der Waals surface area contributed by atoms with Gasteiger partial charge in [0.2, 0.25) is 5.91 Å². The van der Waals surface area contributed by atoms with Crippen LogP contribution in [-0.4, -0.2) is 56.2 Å². The number of aliphatic hydroxyl groups is 1. The van der Waals surface area contributed by atoms with Crippen LogP contribution in [0.2, 0.25) is 0 Å². The van der Waals surface area contributed by atoms with E-state index in [1.807, 2.05) is 0 Å². The first-order valence-electron chi connectivity index (χ1n) is 17.8. The molecule has 1 amide bonds. The summed E-state index contributed by atoms with van der Waals surface area (Å²) in [6.45, 7) is 5.41. The van der Waals surface area contributed by atoms with Crippen LogP contribution in [0.1, 0.15) is 174 Å². The molecule has 0 unspecified atom stereocenters. The van der Waals surface area contributed by atoms with Gasteiger partial charge in [-0.2, -0.15) is 0 Å². The minimum absolute atomic E-state index is 0.0690. The second kappa shape index (κ2) is 34.3. The van der Waals surface area contributed by atoms with Crippen LogP contribution in [-0.2, 0) is 23.8 Å². The van der Waals surface area contributed by atoms with Crippen LogP contribution in [0.5, 0.6) is 0 Å². The Morgan fingerprint density at radius 1 is 0.619 bits per heavy atom. The van der Waals surface area contributed by atoms with Crippen molar-refractivity contribution in [2.75, 3.05) is 33.2 Å². The maximum atomic E-state index is 12.1. The average Bonchev–Trinajstić information content (AvgIpc) is 2.98. The maximum Gasteiger partial charge on any atom is 0.306 e. The van der Waals surface area contributed by atoms with E-state index >= 15 is 0 Å². The van der Waals surface area contributed by atoms with E-state index in [0.717, 1.165) is 32.2 Å². The summed E-state index contributed by atoms with van der Waals surface area (Å²) in [4.78, 5) is 22.9. The van der Waals surface area contributed by atoms with Gasteiger partial charge in [0.15, 0.2) is 0 Å². The summed E-state index contributed by atoms with van der Waals surface area (Å²) in [5.74, 6) is -0.180. The molecule has 1 atom stereocenters. The monoisotopic (exact) mass is 600 g/mol. The second-order valence-electron chi connectivity index (χ2n) is 12.1. The first kappa shape index (κ1) is 40.8. The van der Waals surface area contributed by atoms with E-state index in [2.05, 4.69) is 12.2 Å². The number of hydrogen-bond acceptors (Lipinski definition) is 6. The standard InChI is InChI=1S/C35H69NO6/c1-3-4-5-6-7-8-9-12-15-18-21-24-27-35(39)42-34(30-37)31-41-32-40-29-26-23-20-17-14-11-10-13-16-19-22-25-28-36-33(2)38/h34,37H,3-32H2,1-2H3,(H,36,38)/t34-/m0/s1. The van der Waals surface area contributed by atoms with Crippen molar-refractivity contribution in [2.24, 2.45) is 0 Å². The highest BCUT2D eigenvalue weighted by atomic mass is 16.7. The molecule has 0 fully saturated rings. The van der Waals surface area contributed by atoms with Crippen LogP contribution in [0.25, 0.3) is 0 Å². The SMILES string of the molecule is CCCCCCCCCCCCCCC(=O)O[C@@H](CO)COCOCCCCCCCCCCCCCCNC(C)=O. The van der Waals surface area contributed by atoms with Gasteiger partial charge in [0.1, 0.15) is 12.9 Å². The highest BCUT2D eigenvalue weighted by molar-refractivity contribution is 5.72. The largest absolute Gasteiger partial charge is 0.457 e. The first-order chi connectivity index (χ1) is 20.6. The van der Waals surface area contributed by atoms with Crippen molar-refractivity contribution in [3.8, 4) is 0 Å². The van der Waals surface area contributed by atoms with Gasteiger partial charge >= 0.3 is 5.97 Å². The average molecular weight is 600 g/mol. The summed E-state index contributed by atoms with van der Waals surface area (Å²) >= 11 is 0. The van der Waals surface area contributed by atoms with E-state index in [1.54, 1.807) is 6.92 Å². The molecule has 0 aromatic heterocycles. The number of carbonyl (C=O) groups is 2. The summed E-state index contributed by atoms with van der Waals surface area (Å²) in [6.07, 6.45) is 29.9. The number of esters is 1. The van der Waals surface area contributed by atoms with Gasteiger partial charge in [-0.3, -0.25) is 9.59 Å². The normalized spacial score (nSPS) is 12.0. The molecule has 0 saturated heterocycles. The Labute approximate surface area is 259 Å². The van der Waals surface area contributed by atoms with E-state index in [0.29, 0.717) is 13.0 Å². The number of amides is 1. The predicted molar refractivity (Wildman–Crippen MR) is 174 cm³/mol. The molecule has 7 heteroatoms. The summed E-state index contributed by atoms with van der Waals surface area (Å²) < 4.78 is 16.4. The fraction of sp³-hybridized carbons (Fsp3) is 0.943. The van der Waals surface area contributed by atoms with Crippen molar-refractivity contribution in [1.29, 1.82) is 0 Å². The first-order valence-corrected chi connectivity index (χ1v) is 17.8. The second-order valence-corrected chi connectivity index (χ2v) is 12.1. The lowest BCUT2D eigenvalue weighted by Crippen LogP contribution is -2.27. The van der Waals surface area contributed by atoms with Gasteiger partial charge in [0, 0.05) is 26.5 Å². The molecule has 42 heavy (non-hydrogen) atoms. The molecule has 0 aliphatic rings. The predicted octanol–water partition coefficient (Wildman–Crippen LogP) is 8.79. The molecular weight excluding hydrogens is 530 g/mol. The number of carbonyl (C=O) groups excluding carboxylic acids is 2. The number of unbranched alkanes of at least 4 members (excludes halogenated alkanes) is 22. The highest BCUT2D eigenvalue weighted by Crippen LogP contribution is 2.14. The Bertz CT molecular complexity index is 574. The van der Waals surface area contributed by atoms with Crippen LogP contribution in [0.15, 0.2) is 0 Å². The lowest BCUT2D eigenvalue weighted by molar-refractivity contribution is -0.159. The fourth-order valence-electron chi connectivity index (χ4n) is 5.14. The van der Waals surface area contributed by atoms with Gasteiger partial charge in [0.05, 0.1) is 13.2 Å². The van der Waals surface area contributed by atoms with Crippen LogP contribution in [0, 0.1) is 0 Å². The highest BCUT2D eigenvalue weighted by Gasteiger charge is 2.13. The van der Waals surface area contributed by atoms with Gasteiger partial charge in [-0.1, -0.05) is 142 Å². The van der Waals surface area contributed by atoms with Gasteiger partial charge in [-0.15, -0.1) is 0 Å². The van der Waals surface area contributed by atoms with Gasteiger partial charge < -0.3 is 24.6 Å². The molecule has 0 bridgehead atoms. The topological polar surface area (TPSA) is 94.1 Å². The van der Waals surface area contributed by atoms with Crippen LogP contribution in [0.4, 0.5) is 0 Å². The van der Waals surface area contributed by atoms with Crippen LogP contribution in [0.3, 0.4) is 0 Å². The smallest absolute Gasteiger partial charge is 0.306 e. The van der Waals surface area contributed by atoms with Crippen molar-refractivity contribution in [1.82, 2.24) is 5.32 Å². The number of rotatable bonds is 34. The number of ether oxygens (including phenoxy) is 3. The molecule has 0 spiro atoms. The summed E-state index contributed by atoms with van der Waals surface area (Å²) in [5, 5.41) is 12.3. The zero-order valence-electron chi connectivity index (χ0n) is 27.8. The third-order valence-electron chi connectivity index (χ3n) is 7.80. The lowest BCUT2D eigenvalue weighted by atomic mass is 10.0. The number of aliphatic hydroxyl groups excluding tert-OH is 1. The molecule has 2 N–H and O–H groups in total. The van der Waals surface area contributed by atoms with E-state index in [4.69, 9.17) is 14.2 Å². The van der Waals surface area contributed by atoms with Crippen molar-refractivity contribution >= 4 is 11.9 Å². The molecule has 250 valence electrons. The Balaban J connectivity index is 3.37. The Hall–Kier alpha value is -1.18. The molecule has 0 radical (unpaired) electrons.